The second-order valence-corrected chi connectivity index (χ2v) is 15.6. The molecule has 0 unspecified atom stereocenters. The molecule has 0 bridgehead atoms. The lowest BCUT2D eigenvalue weighted by Gasteiger charge is -2.26. The van der Waals surface area contributed by atoms with Gasteiger partial charge in [0.05, 0.1) is 5.69 Å². The minimum absolute atomic E-state index is 0.0354. The number of anilines is 3. The second kappa shape index (κ2) is 10.9. The summed E-state index contributed by atoms with van der Waals surface area (Å²) in [5.74, 6) is 0. The Balaban J connectivity index is 1.09. The molecule has 1 aliphatic rings. The maximum Gasteiger partial charge on any atom is 0.144 e. The van der Waals surface area contributed by atoms with Crippen molar-refractivity contribution in [3.8, 4) is 22.3 Å². The molecule has 0 saturated carbocycles. The van der Waals surface area contributed by atoms with Crippen LogP contribution in [0.15, 0.2) is 168 Å². The van der Waals surface area contributed by atoms with Crippen molar-refractivity contribution in [3.05, 3.63) is 175 Å². The number of nitrogens with zero attached hydrogens (tertiary/aromatic N) is 1. The highest BCUT2D eigenvalue weighted by molar-refractivity contribution is 7.26. The number of hydrogen-bond donors (Lipinski definition) is 0. The summed E-state index contributed by atoms with van der Waals surface area (Å²) in [7, 11) is 0. The summed E-state index contributed by atoms with van der Waals surface area (Å²) in [5, 5.41) is 7.03. The van der Waals surface area contributed by atoms with E-state index in [9.17, 15) is 0 Å². The molecule has 0 spiro atoms. The van der Waals surface area contributed by atoms with Gasteiger partial charge in [-0.15, -0.1) is 11.3 Å². The highest BCUT2D eigenvalue weighted by Gasteiger charge is 2.35. The second-order valence-electron chi connectivity index (χ2n) is 14.5. The highest BCUT2D eigenvalue weighted by Crippen LogP contribution is 2.51. The molecule has 0 atom stereocenters. The summed E-state index contributed by atoms with van der Waals surface area (Å²) >= 11 is 1.83. The van der Waals surface area contributed by atoms with Crippen molar-refractivity contribution in [2.75, 3.05) is 4.90 Å². The fourth-order valence-electron chi connectivity index (χ4n) is 8.72. The van der Waals surface area contributed by atoms with E-state index in [-0.39, 0.29) is 5.41 Å². The van der Waals surface area contributed by atoms with Gasteiger partial charge in [-0.25, -0.2) is 0 Å². The van der Waals surface area contributed by atoms with Crippen LogP contribution in [0.2, 0.25) is 0 Å². The molecule has 0 fully saturated rings. The van der Waals surface area contributed by atoms with Gasteiger partial charge >= 0.3 is 0 Å². The average Bonchev–Trinajstić information content (AvgIpc) is 3.84. The van der Waals surface area contributed by atoms with Crippen molar-refractivity contribution in [1.82, 2.24) is 0 Å². The van der Waals surface area contributed by atoms with Crippen molar-refractivity contribution in [1.29, 1.82) is 0 Å². The van der Waals surface area contributed by atoms with Crippen LogP contribution in [-0.2, 0) is 5.41 Å². The SMILES string of the molecule is CC1(C)c2ccccc2-c2ccc(-c3ccc(N(c4ccccc4)c4cccc5sc6ccc7c8ccc9ccccc9c8oc7c6c45)cc3)cc21. The van der Waals surface area contributed by atoms with Gasteiger partial charge in [-0.2, -0.15) is 0 Å². The van der Waals surface area contributed by atoms with E-state index in [0.717, 1.165) is 44.4 Å². The first kappa shape index (κ1) is 29.6. The number of fused-ring (bicyclic) bond motifs is 12. The number of furan rings is 1. The van der Waals surface area contributed by atoms with Crippen molar-refractivity contribution >= 4 is 81.3 Å². The molecule has 2 heterocycles. The van der Waals surface area contributed by atoms with Crippen LogP contribution < -0.4 is 4.90 Å². The first-order chi connectivity index (χ1) is 25.5. The van der Waals surface area contributed by atoms with Crippen LogP contribution in [0, 0.1) is 0 Å². The Labute approximate surface area is 305 Å². The topological polar surface area (TPSA) is 16.4 Å². The Morgan fingerprint density at radius 3 is 2.06 bits per heavy atom. The van der Waals surface area contributed by atoms with Crippen molar-refractivity contribution in [2.24, 2.45) is 0 Å². The van der Waals surface area contributed by atoms with Gasteiger partial charge in [0.2, 0.25) is 0 Å². The van der Waals surface area contributed by atoms with E-state index in [4.69, 9.17) is 4.42 Å². The van der Waals surface area contributed by atoms with Gasteiger partial charge in [-0.1, -0.05) is 117 Å². The lowest BCUT2D eigenvalue weighted by molar-refractivity contribution is 0.660. The van der Waals surface area contributed by atoms with E-state index < -0.39 is 0 Å². The standard InChI is InChI=1S/C49H33NOS/c1-49(2)40-16-9-8-15-36(40)37-25-22-32(29-41(37)49)30-19-23-34(24-20-30)50(33-12-4-3-5-13-33)42-17-10-18-43-45(42)46-44(52-43)28-27-39-38-26-21-31-11-6-7-14-35(31)47(38)51-48(39)46/h3-29H,1-2H3. The maximum atomic E-state index is 6.91. The fourth-order valence-corrected chi connectivity index (χ4v) is 9.85. The zero-order chi connectivity index (χ0) is 34.6. The van der Waals surface area contributed by atoms with Gasteiger partial charge < -0.3 is 9.32 Å². The maximum absolute atomic E-state index is 6.91. The molecule has 2 nitrogen and oxygen atoms in total. The molecular weight excluding hydrogens is 651 g/mol. The van der Waals surface area contributed by atoms with Gasteiger partial charge in [-0.05, 0) is 99.4 Å². The molecule has 0 saturated heterocycles. The summed E-state index contributed by atoms with van der Waals surface area (Å²) in [5.41, 5.74) is 13.2. The van der Waals surface area contributed by atoms with Crippen molar-refractivity contribution in [3.63, 3.8) is 0 Å². The van der Waals surface area contributed by atoms with Crippen LogP contribution in [0.5, 0.6) is 0 Å². The van der Waals surface area contributed by atoms with E-state index in [1.165, 1.54) is 58.9 Å². The molecule has 0 N–H and O–H groups in total. The first-order valence-corrected chi connectivity index (χ1v) is 18.7. The van der Waals surface area contributed by atoms with Crippen LogP contribution in [0.25, 0.3) is 75.1 Å². The zero-order valence-electron chi connectivity index (χ0n) is 28.9. The first-order valence-electron chi connectivity index (χ1n) is 17.9. The van der Waals surface area contributed by atoms with Crippen LogP contribution in [-0.4, -0.2) is 0 Å². The zero-order valence-corrected chi connectivity index (χ0v) is 29.7. The Morgan fingerprint density at radius 1 is 0.481 bits per heavy atom. The van der Waals surface area contributed by atoms with Crippen molar-refractivity contribution < 1.29 is 4.42 Å². The summed E-state index contributed by atoms with van der Waals surface area (Å²) < 4.78 is 9.38. The van der Waals surface area contributed by atoms with Gasteiger partial charge in [0.25, 0.3) is 0 Å². The third-order valence-corrected chi connectivity index (χ3v) is 12.4. The molecule has 2 aromatic heterocycles. The molecule has 1 aliphatic carbocycles. The lowest BCUT2D eigenvalue weighted by Crippen LogP contribution is -2.14. The van der Waals surface area contributed by atoms with Gasteiger partial charge in [0.1, 0.15) is 11.2 Å². The van der Waals surface area contributed by atoms with E-state index in [2.05, 4.69) is 183 Å². The summed E-state index contributed by atoms with van der Waals surface area (Å²) in [6.45, 7) is 4.69. The summed E-state index contributed by atoms with van der Waals surface area (Å²) in [6.07, 6.45) is 0. The number of benzene rings is 8. The largest absolute Gasteiger partial charge is 0.455 e. The van der Waals surface area contributed by atoms with Gasteiger partial charge in [0.15, 0.2) is 0 Å². The Hall–Kier alpha value is -6.16. The molecule has 52 heavy (non-hydrogen) atoms. The predicted octanol–water partition coefficient (Wildman–Crippen LogP) is 14.6. The van der Waals surface area contributed by atoms with E-state index in [1.807, 2.05) is 11.3 Å². The smallest absolute Gasteiger partial charge is 0.144 e. The lowest BCUT2D eigenvalue weighted by atomic mass is 9.81. The van der Waals surface area contributed by atoms with E-state index >= 15 is 0 Å². The van der Waals surface area contributed by atoms with Gasteiger partial charge in [-0.3, -0.25) is 0 Å². The Morgan fingerprint density at radius 2 is 1.17 bits per heavy atom. The molecule has 0 radical (unpaired) electrons. The molecule has 246 valence electrons. The minimum Gasteiger partial charge on any atom is -0.455 e. The minimum atomic E-state index is -0.0354. The quantitative estimate of drug-likeness (QED) is 0.184. The fraction of sp³-hybridized carbons (Fsp3) is 0.0612. The molecular formula is C49H33NOS. The molecule has 10 aromatic rings. The third-order valence-electron chi connectivity index (χ3n) is 11.3. The van der Waals surface area contributed by atoms with Crippen LogP contribution >= 0.6 is 11.3 Å². The predicted molar refractivity (Wildman–Crippen MR) is 222 cm³/mol. The number of hydrogen-bond acceptors (Lipinski definition) is 3. The van der Waals surface area contributed by atoms with Crippen LogP contribution in [0.3, 0.4) is 0 Å². The van der Waals surface area contributed by atoms with E-state index in [0.29, 0.717) is 0 Å². The monoisotopic (exact) mass is 683 g/mol. The molecule has 0 aliphatic heterocycles. The van der Waals surface area contributed by atoms with Crippen LogP contribution in [0.4, 0.5) is 17.1 Å². The summed E-state index contributed by atoms with van der Waals surface area (Å²) in [6, 6.07) is 59.8. The number of para-hydroxylation sites is 1. The number of thiophene rings is 1. The Kier molecular flexibility index (Phi) is 6.21. The molecule has 0 amide bonds. The average molecular weight is 684 g/mol. The summed E-state index contributed by atoms with van der Waals surface area (Å²) in [4.78, 5) is 2.40. The normalized spacial score (nSPS) is 13.3. The highest BCUT2D eigenvalue weighted by atomic mass is 32.1. The van der Waals surface area contributed by atoms with Crippen molar-refractivity contribution in [2.45, 2.75) is 19.3 Å². The molecule has 11 rings (SSSR count). The van der Waals surface area contributed by atoms with Crippen LogP contribution in [0.1, 0.15) is 25.0 Å². The Bertz CT molecular complexity index is 3040. The molecule has 3 heteroatoms. The third kappa shape index (κ3) is 4.17. The number of rotatable bonds is 4. The van der Waals surface area contributed by atoms with E-state index in [1.54, 1.807) is 0 Å². The van der Waals surface area contributed by atoms with Gasteiger partial charge in [0, 0.05) is 53.1 Å². The molecule has 8 aromatic carbocycles.